The summed E-state index contributed by atoms with van der Waals surface area (Å²) in [6, 6.07) is 0.187. The monoisotopic (exact) mass is 279 g/mol. The number of rotatable bonds is 4. The summed E-state index contributed by atoms with van der Waals surface area (Å²) >= 11 is 0. The molecule has 2 N–H and O–H groups in total. The number of hydrogen-bond acceptors (Lipinski definition) is 3. The summed E-state index contributed by atoms with van der Waals surface area (Å²) in [7, 11) is 0. The second kappa shape index (κ2) is 6.77. The first kappa shape index (κ1) is 14.9. The fourth-order valence-electron chi connectivity index (χ4n) is 3.02. The molecule has 2 atom stereocenters. The van der Waals surface area contributed by atoms with Gasteiger partial charge in [0.15, 0.2) is 6.39 Å². The summed E-state index contributed by atoms with van der Waals surface area (Å²) in [6.45, 7) is 6.73. The minimum Gasteiger partial charge on any atom is -0.448 e. The van der Waals surface area contributed by atoms with Gasteiger partial charge in [0.25, 0.3) is 0 Å². The molecular formula is C15H25N3O2. The first-order valence-electron chi connectivity index (χ1n) is 7.51. The highest BCUT2D eigenvalue weighted by atomic mass is 16.3. The van der Waals surface area contributed by atoms with Gasteiger partial charge in [0.2, 0.25) is 0 Å². The first-order valence-corrected chi connectivity index (χ1v) is 7.51. The molecule has 5 heteroatoms. The number of nitrogens with zero attached hydrogens (tertiary/aromatic N) is 1. The number of aryl methyl sites for hydroxylation is 1. The number of aromatic nitrogens is 1. The molecule has 2 amide bonds. The van der Waals surface area contributed by atoms with Crippen molar-refractivity contribution in [2.75, 3.05) is 0 Å². The van der Waals surface area contributed by atoms with Crippen molar-refractivity contribution in [1.29, 1.82) is 0 Å². The molecule has 0 aromatic carbocycles. The summed E-state index contributed by atoms with van der Waals surface area (Å²) in [5.74, 6) is 1.95. The van der Waals surface area contributed by atoms with Crippen LogP contribution in [-0.4, -0.2) is 17.1 Å². The van der Waals surface area contributed by atoms with Gasteiger partial charge in [-0.15, -0.1) is 0 Å². The molecule has 1 aliphatic rings. The highest BCUT2D eigenvalue weighted by Crippen LogP contribution is 2.30. The predicted octanol–water partition coefficient (Wildman–Crippen LogP) is 3.00. The van der Waals surface area contributed by atoms with Crippen LogP contribution in [0.5, 0.6) is 0 Å². The highest BCUT2D eigenvalue weighted by Gasteiger charge is 2.28. The van der Waals surface area contributed by atoms with Gasteiger partial charge in [0, 0.05) is 6.04 Å². The smallest absolute Gasteiger partial charge is 0.315 e. The van der Waals surface area contributed by atoms with E-state index in [1.165, 1.54) is 25.7 Å². The van der Waals surface area contributed by atoms with Gasteiger partial charge in [-0.2, -0.15) is 0 Å². The van der Waals surface area contributed by atoms with Gasteiger partial charge >= 0.3 is 6.03 Å². The topological polar surface area (TPSA) is 67.2 Å². The Morgan fingerprint density at radius 3 is 2.85 bits per heavy atom. The van der Waals surface area contributed by atoms with Crippen molar-refractivity contribution in [3.8, 4) is 0 Å². The van der Waals surface area contributed by atoms with E-state index in [2.05, 4.69) is 29.5 Å². The van der Waals surface area contributed by atoms with Gasteiger partial charge in [-0.05, 0) is 31.6 Å². The summed E-state index contributed by atoms with van der Waals surface area (Å²) in [5, 5.41) is 5.98. The Hall–Kier alpha value is -1.52. The van der Waals surface area contributed by atoms with E-state index in [0.717, 1.165) is 17.9 Å². The molecule has 1 aromatic heterocycles. The van der Waals surface area contributed by atoms with Crippen LogP contribution < -0.4 is 10.6 Å². The average molecular weight is 279 g/mol. The van der Waals surface area contributed by atoms with E-state index in [1.807, 2.05) is 6.92 Å². The zero-order chi connectivity index (χ0) is 14.5. The number of carbonyl (C=O) groups excluding carboxylic acids is 1. The first-order chi connectivity index (χ1) is 9.58. The molecule has 0 radical (unpaired) electrons. The van der Waals surface area contributed by atoms with Gasteiger partial charge in [-0.25, -0.2) is 9.78 Å². The zero-order valence-corrected chi connectivity index (χ0v) is 12.6. The third kappa shape index (κ3) is 3.74. The van der Waals surface area contributed by atoms with E-state index in [0.29, 0.717) is 24.4 Å². The van der Waals surface area contributed by atoms with E-state index in [4.69, 9.17) is 4.42 Å². The minimum atomic E-state index is -0.107. The van der Waals surface area contributed by atoms with Crippen LogP contribution in [0.3, 0.4) is 0 Å². The summed E-state index contributed by atoms with van der Waals surface area (Å²) in [6.07, 6.45) is 6.18. The molecule has 112 valence electrons. The van der Waals surface area contributed by atoms with Crippen LogP contribution in [0.2, 0.25) is 0 Å². The second-order valence-corrected chi connectivity index (χ2v) is 5.98. The van der Waals surface area contributed by atoms with Crippen molar-refractivity contribution in [3.63, 3.8) is 0 Å². The van der Waals surface area contributed by atoms with E-state index < -0.39 is 0 Å². The molecule has 1 fully saturated rings. The predicted molar refractivity (Wildman–Crippen MR) is 77.2 cm³/mol. The molecule has 1 heterocycles. The SMILES string of the molecule is Cc1ocnc1CNC(=O)N[C@@H]1CCCC[C@@H]1C(C)C. The number of oxazole rings is 1. The molecule has 1 aromatic rings. The number of urea groups is 1. The van der Waals surface area contributed by atoms with Crippen molar-refractivity contribution in [3.05, 3.63) is 17.8 Å². The quantitative estimate of drug-likeness (QED) is 0.890. The van der Waals surface area contributed by atoms with Gasteiger partial charge in [-0.1, -0.05) is 26.7 Å². The Kier molecular flexibility index (Phi) is 5.04. The van der Waals surface area contributed by atoms with Crippen LogP contribution in [0.4, 0.5) is 4.79 Å². The molecule has 0 spiro atoms. The maximum Gasteiger partial charge on any atom is 0.315 e. The van der Waals surface area contributed by atoms with Crippen molar-refractivity contribution in [2.45, 2.75) is 59.0 Å². The number of amides is 2. The molecule has 0 unspecified atom stereocenters. The fourth-order valence-corrected chi connectivity index (χ4v) is 3.02. The van der Waals surface area contributed by atoms with Crippen LogP contribution in [-0.2, 0) is 6.54 Å². The van der Waals surface area contributed by atoms with Crippen molar-refractivity contribution in [2.24, 2.45) is 11.8 Å². The Morgan fingerprint density at radius 1 is 1.45 bits per heavy atom. The zero-order valence-electron chi connectivity index (χ0n) is 12.6. The molecule has 0 aliphatic heterocycles. The normalized spacial score (nSPS) is 22.8. The molecule has 20 heavy (non-hydrogen) atoms. The van der Waals surface area contributed by atoms with Gasteiger partial charge in [-0.3, -0.25) is 0 Å². The lowest BCUT2D eigenvalue weighted by Crippen LogP contribution is -2.47. The Bertz CT molecular complexity index is 442. The van der Waals surface area contributed by atoms with Gasteiger partial charge in [0.1, 0.15) is 11.5 Å². The van der Waals surface area contributed by atoms with Gasteiger partial charge in [0.05, 0.1) is 6.54 Å². The lowest BCUT2D eigenvalue weighted by Gasteiger charge is -2.34. The largest absolute Gasteiger partial charge is 0.448 e. The molecule has 5 nitrogen and oxygen atoms in total. The van der Waals surface area contributed by atoms with Crippen LogP contribution in [0, 0.1) is 18.8 Å². The van der Waals surface area contributed by atoms with Crippen LogP contribution in [0.1, 0.15) is 51.0 Å². The van der Waals surface area contributed by atoms with E-state index >= 15 is 0 Å². The molecule has 1 aliphatic carbocycles. The lowest BCUT2D eigenvalue weighted by molar-refractivity contribution is 0.194. The maximum atomic E-state index is 12.0. The third-order valence-corrected chi connectivity index (χ3v) is 4.25. The van der Waals surface area contributed by atoms with Crippen molar-refractivity contribution >= 4 is 6.03 Å². The van der Waals surface area contributed by atoms with Gasteiger partial charge < -0.3 is 15.1 Å². The number of nitrogens with one attached hydrogen (secondary N) is 2. The fraction of sp³-hybridized carbons (Fsp3) is 0.733. The average Bonchev–Trinajstić information content (AvgIpc) is 2.82. The number of hydrogen-bond donors (Lipinski definition) is 2. The molecule has 2 rings (SSSR count). The molecule has 0 bridgehead atoms. The molecule has 1 saturated carbocycles. The summed E-state index contributed by atoms with van der Waals surface area (Å²) < 4.78 is 5.11. The van der Waals surface area contributed by atoms with Crippen LogP contribution in [0.25, 0.3) is 0 Å². The van der Waals surface area contributed by atoms with E-state index in [1.54, 1.807) is 0 Å². The molecular weight excluding hydrogens is 254 g/mol. The number of carbonyl (C=O) groups is 1. The Balaban J connectivity index is 1.82. The Labute approximate surface area is 120 Å². The maximum absolute atomic E-state index is 12.0. The summed E-state index contributed by atoms with van der Waals surface area (Å²) in [4.78, 5) is 16.1. The van der Waals surface area contributed by atoms with Crippen LogP contribution >= 0.6 is 0 Å². The highest BCUT2D eigenvalue weighted by molar-refractivity contribution is 5.74. The standard InChI is InChI=1S/C15H25N3O2/c1-10(2)12-6-4-5-7-13(12)18-15(19)16-8-14-11(3)20-9-17-14/h9-10,12-13H,4-8H2,1-3H3,(H2,16,18,19)/t12-,13-/m1/s1. The minimum absolute atomic E-state index is 0.107. The second-order valence-electron chi connectivity index (χ2n) is 5.98. The summed E-state index contributed by atoms with van der Waals surface area (Å²) in [5.41, 5.74) is 0.782. The van der Waals surface area contributed by atoms with Crippen molar-refractivity contribution < 1.29 is 9.21 Å². The molecule has 0 saturated heterocycles. The Morgan fingerprint density at radius 2 is 2.20 bits per heavy atom. The van der Waals surface area contributed by atoms with E-state index in [-0.39, 0.29) is 6.03 Å². The van der Waals surface area contributed by atoms with Crippen molar-refractivity contribution in [1.82, 2.24) is 15.6 Å². The lowest BCUT2D eigenvalue weighted by atomic mass is 9.78. The van der Waals surface area contributed by atoms with Crippen LogP contribution in [0.15, 0.2) is 10.8 Å². The van der Waals surface area contributed by atoms with E-state index in [9.17, 15) is 4.79 Å². The third-order valence-electron chi connectivity index (χ3n) is 4.25.